The molecule has 1 N–H and O–H groups in total. The number of benzene rings is 2. The van der Waals surface area contributed by atoms with Crippen LogP contribution in [0.15, 0.2) is 39.3 Å². The van der Waals surface area contributed by atoms with Crippen molar-refractivity contribution in [1.82, 2.24) is 5.32 Å². The normalized spacial score (nSPS) is 17.0. The van der Waals surface area contributed by atoms with Gasteiger partial charge < -0.3 is 14.8 Å². The molecule has 0 bridgehead atoms. The molecule has 2 aromatic rings. The van der Waals surface area contributed by atoms with Crippen LogP contribution in [-0.2, 0) is 6.42 Å². The average molecular weight is 427 g/mol. The Morgan fingerprint density at radius 1 is 1.05 bits per heavy atom. The van der Waals surface area contributed by atoms with Crippen LogP contribution in [0.3, 0.4) is 0 Å². The molecule has 1 aliphatic rings. The van der Waals surface area contributed by atoms with Crippen molar-refractivity contribution in [1.29, 1.82) is 0 Å². The summed E-state index contributed by atoms with van der Waals surface area (Å²) in [5, 5.41) is 3.60. The Hall–Kier alpha value is -1.04. The lowest BCUT2D eigenvalue weighted by Crippen LogP contribution is -2.31. The van der Waals surface area contributed by atoms with Gasteiger partial charge in [-0.15, -0.1) is 0 Å². The third-order valence-electron chi connectivity index (χ3n) is 3.99. The van der Waals surface area contributed by atoms with Gasteiger partial charge in [-0.25, -0.2) is 0 Å². The summed E-state index contributed by atoms with van der Waals surface area (Å²) in [6.07, 6.45) is 0.928. The van der Waals surface area contributed by atoms with E-state index in [1.54, 1.807) is 14.2 Å². The van der Waals surface area contributed by atoms with E-state index in [2.05, 4.69) is 55.4 Å². The molecule has 0 aliphatic carbocycles. The second kappa shape index (κ2) is 6.60. The Morgan fingerprint density at radius 3 is 2.59 bits per heavy atom. The van der Waals surface area contributed by atoms with Crippen molar-refractivity contribution in [2.45, 2.75) is 12.5 Å². The molecule has 1 heterocycles. The third-order valence-corrected chi connectivity index (χ3v) is 5.20. The minimum atomic E-state index is 0.135. The number of hydrogen-bond acceptors (Lipinski definition) is 3. The quantitative estimate of drug-likeness (QED) is 0.785. The molecular weight excluding hydrogens is 410 g/mol. The Bertz CT molecular complexity index is 703. The highest BCUT2D eigenvalue weighted by Crippen LogP contribution is 2.41. The van der Waals surface area contributed by atoms with Gasteiger partial charge in [-0.1, -0.05) is 37.9 Å². The summed E-state index contributed by atoms with van der Waals surface area (Å²) in [6.45, 7) is 0.903. The van der Waals surface area contributed by atoms with Crippen molar-refractivity contribution in [3.8, 4) is 11.5 Å². The summed E-state index contributed by atoms with van der Waals surface area (Å²) in [5.74, 6) is 1.63. The zero-order valence-corrected chi connectivity index (χ0v) is 15.6. The number of ether oxygens (including phenoxy) is 2. The molecule has 0 saturated carbocycles. The third kappa shape index (κ3) is 2.77. The molecule has 116 valence electrons. The fourth-order valence-corrected chi connectivity index (χ4v) is 3.85. The lowest BCUT2D eigenvalue weighted by Gasteiger charge is -2.30. The Balaban J connectivity index is 2.14. The van der Waals surface area contributed by atoms with Crippen LogP contribution in [0.4, 0.5) is 0 Å². The van der Waals surface area contributed by atoms with Crippen molar-refractivity contribution in [3.05, 3.63) is 56.0 Å². The predicted molar refractivity (Wildman–Crippen MR) is 94.9 cm³/mol. The molecule has 0 saturated heterocycles. The van der Waals surface area contributed by atoms with Gasteiger partial charge in [-0.05, 0) is 41.8 Å². The molecule has 1 atom stereocenters. The minimum absolute atomic E-state index is 0.135. The van der Waals surface area contributed by atoms with Crippen LogP contribution in [0.1, 0.15) is 22.7 Å². The summed E-state index contributed by atoms with van der Waals surface area (Å²) < 4.78 is 13.2. The van der Waals surface area contributed by atoms with E-state index in [1.807, 2.05) is 12.1 Å². The molecule has 1 aliphatic heterocycles. The van der Waals surface area contributed by atoms with E-state index in [-0.39, 0.29) is 6.04 Å². The number of fused-ring (bicyclic) bond motifs is 1. The first-order valence-corrected chi connectivity index (χ1v) is 8.66. The maximum absolute atomic E-state index is 5.60. The standard InChI is InChI=1S/C17H17Br2NO2/c1-21-15-6-4-11-12(17(15)22-2)7-8-20-16(11)13-9-10(18)3-5-14(13)19/h3-6,9,16,20H,7-8H2,1-2H3. The molecular formula is C17H17Br2NO2. The van der Waals surface area contributed by atoms with Crippen molar-refractivity contribution in [3.63, 3.8) is 0 Å². The van der Waals surface area contributed by atoms with E-state index in [4.69, 9.17) is 9.47 Å². The first kappa shape index (κ1) is 15.8. The molecule has 0 amide bonds. The monoisotopic (exact) mass is 425 g/mol. The lowest BCUT2D eigenvalue weighted by molar-refractivity contribution is 0.348. The molecule has 3 rings (SSSR count). The zero-order valence-electron chi connectivity index (χ0n) is 12.5. The first-order chi connectivity index (χ1) is 10.7. The topological polar surface area (TPSA) is 30.5 Å². The average Bonchev–Trinajstić information content (AvgIpc) is 2.55. The highest BCUT2D eigenvalue weighted by Gasteiger charge is 2.27. The van der Waals surface area contributed by atoms with Crippen LogP contribution < -0.4 is 14.8 Å². The van der Waals surface area contributed by atoms with Crippen LogP contribution in [0.2, 0.25) is 0 Å². The van der Waals surface area contributed by atoms with Gasteiger partial charge in [-0.2, -0.15) is 0 Å². The molecule has 1 unspecified atom stereocenters. The Kier molecular flexibility index (Phi) is 4.76. The van der Waals surface area contributed by atoms with Gasteiger partial charge in [0.15, 0.2) is 11.5 Å². The van der Waals surface area contributed by atoms with Gasteiger partial charge in [0.1, 0.15) is 0 Å². The van der Waals surface area contributed by atoms with Gasteiger partial charge in [-0.3, -0.25) is 0 Å². The van der Waals surface area contributed by atoms with Crippen molar-refractivity contribution in [2.24, 2.45) is 0 Å². The number of halogens is 2. The Morgan fingerprint density at radius 2 is 1.86 bits per heavy atom. The molecule has 5 heteroatoms. The highest BCUT2D eigenvalue weighted by molar-refractivity contribution is 9.11. The molecule has 0 spiro atoms. The summed E-state index contributed by atoms with van der Waals surface area (Å²) in [5.41, 5.74) is 3.67. The van der Waals surface area contributed by atoms with Crippen LogP contribution in [0.25, 0.3) is 0 Å². The first-order valence-electron chi connectivity index (χ1n) is 7.07. The predicted octanol–water partition coefficient (Wildman–Crippen LogP) is 4.46. The maximum atomic E-state index is 5.60. The van der Waals surface area contributed by atoms with E-state index < -0.39 is 0 Å². The fraction of sp³-hybridized carbons (Fsp3) is 0.294. The summed E-state index contributed by atoms with van der Waals surface area (Å²) in [4.78, 5) is 0. The fourth-order valence-electron chi connectivity index (χ4n) is 3.00. The van der Waals surface area contributed by atoms with E-state index in [0.717, 1.165) is 33.4 Å². The molecule has 3 nitrogen and oxygen atoms in total. The lowest BCUT2D eigenvalue weighted by atomic mass is 9.89. The minimum Gasteiger partial charge on any atom is -0.493 e. The van der Waals surface area contributed by atoms with Crippen LogP contribution in [0, 0.1) is 0 Å². The molecule has 0 fully saturated rings. The van der Waals surface area contributed by atoms with Crippen LogP contribution >= 0.6 is 31.9 Å². The number of nitrogens with one attached hydrogen (secondary N) is 1. The molecule has 0 radical (unpaired) electrons. The summed E-state index contributed by atoms with van der Waals surface area (Å²) in [6, 6.07) is 10.5. The van der Waals surface area contributed by atoms with E-state index in [1.165, 1.54) is 16.7 Å². The summed E-state index contributed by atoms with van der Waals surface area (Å²) in [7, 11) is 3.37. The van der Waals surface area contributed by atoms with Gasteiger partial charge in [0.25, 0.3) is 0 Å². The van der Waals surface area contributed by atoms with Gasteiger partial charge in [0, 0.05) is 21.1 Å². The van der Waals surface area contributed by atoms with Crippen LogP contribution in [0.5, 0.6) is 11.5 Å². The number of hydrogen-bond donors (Lipinski definition) is 1. The smallest absolute Gasteiger partial charge is 0.164 e. The van der Waals surface area contributed by atoms with Crippen molar-refractivity contribution >= 4 is 31.9 Å². The van der Waals surface area contributed by atoms with E-state index in [0.29, 0.717) is 0 Å². The van der Waals surface area contributed by atoms with E-state index >= 15 is 0 Å². The van der Waals surface area contributed by atoms with E-state index in [9.17, 15) is 0 Å². The van der Waals surface area contributed by atoms with Crippen molar-refractivity contribution < 1.29 is 9.47 Å². The van der Waals surface area contributed by atoms with Gasteiger partial charge in [0.05, 0.1) is 20.3 Å². The van der Waals surface area contributed by atoms with Gasteiger partial charge in [0.2, 0.25) is 0 Å². The molecule has 0 aromatic heterocycles. The summed E-state index contributed by atoms with van der Waals surface area (Å²) >= 11 is 7.23. The zero-order chi connectivity index (χ0) is 15.7. The SMILES string of the molecule is COc1ccc2c(c1OC)CCNC2c1cc(Br)ccc1Br. The van der Waals surface area contributed by atoms with Gasteiger partial charge >= 0.3 is 0 Å². The Labute approximate surface area is 147 Å². The molecule has 2 aromatic carbocycles. The molecule has 22 heavy (non-hydrogen) atoms. The highest BCUT2D eigenvalue weighted by atomic mass is 79.9. The van der Waals surface area contributed by atoms with Crippen molar-refractivity contribution in [2.75, 3.05) is 20.8 Å². The second-order valence-corrected chi connectivity index (χ2v) is 6.94. The largest absolute Gasteiger partial charge is 0.493 e. The number of rotatable bonds is 3. The second-order valence-electron chi connectivity index (χ2n) is 5.17. The van der Waals surface area contributed by atoms with Crippen LogP contribution in [-0.4, -0.2) is 20.8 Å². The number of methoxy groups -OCH3 is 2. The maximum Gasteiger partial charge on any atom is 0.164 e.